The number of hydrogen-bond acceptors (Lipinski definition) is 2. The Labute approximate surface area is 76.5 Å². The van der Waals surface area contributed by atoms with Crippen molar-refractivity contribution in [3.05, 3.63) is 42.0 Å². The second-order valence-electron chi connectivity index (χ2n) is 2.68. The molecule has 0 saturated carbocycles. The first kappa shape index (κ1) is 9.48. The van der Waals surface area contributed by atoms with E-state index in [0.29, 0.717) is 12.1 Å². The van der Waals surface area contributed by atoms with E-state index in [4.69, 9.17) is 10.8 Å². The largest absolute Gasteiger partial charge is 0.478 e. The van der Waals surface area contributed by atoms with E-state index < -0.39 is 5.97 Å². The van der Waals surface area contributed by atoms with Crippen LogP contribution in [-0.4, -0.2) is 11.1 Å². The van der Waals surface area contributed by atoms with Gasteiger partial charge >= 0.3 is 5.97 Å². The number of carbonyl (C=O) groups is 1. The van der Waals surface area contributed by atoms with E-state index in [2.05, 4.69) is 6.58 Å². The van der Waals surface area contributed by atoms with Crippen LogP contribution in [-0.2, 0) is 11.3 Å². The Bertz CT molecular complexity index is 327. The molecule has 1 aromatic rings. The van der Waals surface area contributed by atoms with Crippen LogP contribution in [0.2, 0.25) is 0 Å². The van der Waals surface area contributed by atoms with Crippen molar-refractivity contribution in [3.8, 4) is 0 Å². The molecule has 3 N–H and O–H groups in total. The normalized spacial score (nSPS) is 9.62. The van der Waals surface area contributed by atoms with Gasteiger partial charge in [-0.3, -0.25) is 0 Å². The molecule has 0 amide bonds. The third-order valence-corrected chi connectivity index (χ3v) is 1.80. The minimum Gasteiger partial charge on any atom is -0.478 e. The second kappa shape index (κ2) is 3.87. The molecule has 1 rings (SSSR count). The van der Waals surface area contributed by atoms with Crippen LogP contribution in [0.5, 0.6) is 0 Å². The van der Waals surface area contributed by atoms with Crippen molar-refractivity contribution < 1.29 is 9.90 Å². The summed E-state index contributed by atoms with van der Waals surface area (Å²) in [6.07, 6.45) is 0. The third kappa shape index (κ3) is 2.16. The molecule has 0 saturated heterocycles. The molecule has 0 aliphatic rings. The summed E-state index contributed by atoms with van der Waals surface area (Å²) in [5.74, 6) is -1.000. The first-order chi connectivity index (χ1) is 6.15. The fraction of sp³-hybridized carbons (Fsp3) is 0.100. The summed E-state index contributed by atoms with van der Waals surface area (Å²) in [6.45, 7) is 3.91. The fourth-order valence-corrected chi connectivity index (χ4v) is 0.965. The average Bonchev–Trinajstić information content (AvgIpc) is 2.17. The zero-order chi connectivity index (χ0) is 9.84. The molecule has 1 aromatic carbocycles. The van der Waals surface area contributed by atoms with Crippen LogP contribution in [0.15, 0.2) is 30.8 Å². The van der Waals surface area contributed by atoms with Gasteiger partial charge in [-0.2, -0.15) is 0 Å². The van der Waals surface area contributed by atoms with Gasteiger partial charge < -0.3 is 10.8 Å². The molecule has 0 unspecified atom stereocenters. The Morgan fingerprint density at radius 3 is 2.31 bits per heavy atom. The highest BCUT2D eigenvalue weighted by Crippen LogP contribution is 2.13. The number of benzene rings is 1. The summed E-state index contributed by atoms with van der Waals surface area (Å²) in [5, 5.41) is 8.64. The lowest BCUT2D eigenvalue weighted by Crippen LogP contribution is -1.99. The van der Waals surface area contributed by atoms with E-state index in [0.717, 1.165) is 5.56 Å². The highest BCUT2D eigenvalue weighted by Gasteiger charge is 2.05. The zero-order valence-corrected chi connectivity index (χ0v) is 7.16. The maximum atomic E-state index is 10.5. The summed E-state index contributed by atoms with van der Waals surface area (Å²) in [6, 6.07) is 7.00. The molecule has 3 heteroatoms. The number of rotatable bonds is 3. The molecular weight excluding hydrogens is 166 g/mol. The van der Waals surface area contributed by atoms with Gasteiger partial charge in [0, 0.05) is 6.54 Å². The highest BCUT2D eigenvalue weighted by molar-refractivity contribution is 6.14. The van der Waals surface area contributed by atoms with Crippen molar-refractivity contribution in [3.63, 3.8) is 0 Å². The summed E-state index contributed by atoms with van der Waals surface area (Å²) in [4.78, 5) is 10.5. The van der Waals surface area contributed by atoms with E-state index in [1.165, 1.54) is 0 Å². The van der Waals surface area contributed by atoms with Crippen molar-refractivity contribution >= 4 is 11.5 Å². The van der Waals surface area contributed by atoms with Gasteiger partial charge in [-0.05, 0) is 11.1 Å². The van der Waals surface area contributed by atoms with E-state index in [1.807, 2.05) is 0 Å². The van der Waals surface area contributed by atoms with Gasteiger partial charge in [0.15, 0.2) is 0 Å². The van der Waals surface area contributed by atoms with Crippen LogP contribution in [0, 0.1) is 0 Å². The maximum Gasteiger partial charge on any atom is 0.335 e. The van der Waals surface area contributed by atoms with Crippen molar-refractivity contribution in [1.82, 2.24) is 0 Å². The molecule has 0 heterocycles. The fourth-order valence-electron chi connectivity index (χ4n) is 0.965. The lowest BCUT2D eigenvalue weighted by atomic mass is 10.1. The Morgan fingerprint density at radius 1 is 1.38 bits per heavy atom. The molecule has 68 valence electrons. The van der Waals surface area contributed by atoms with Crippen LogP contribution in [0.4, 0.5) is 0 Å². The molecule has 3 nitrogen and oxygen atoms in total. The number of aliphatic carboxylic acids is 1. The molecule has 0 aliphatic carbocycles. The predicted molar refractivity (Wildman–Crippen MR) is 51.0 cm³/mol. The minimum absolute atomic E-state index is 0.101. The van der Waals surface area contributed by atoms with Crippen LogP contribution in [0.3, 0.4) is 0 Å². The summed E-state index contributed by atoms with van der Waals surface area (Å²) >= 11 is 0. The second-order valence-corrected chi connectivity index (χ2v) is 2.68. The number of nitrogens with two attached hydrogens (primary N) is 1. The molecule has 0 fully saturated rings. The zero-order valence-electron chi connectivity index (χ0n) is 7.16. The third-order valence-electron chi connectivity index (χ3n) is 1.80. The van der Waals surface area contributed by atoms with E-state index >= 15 is 0 Å². The maximum absolute atomic E-state index is 10.5. The summed E-state index contributed by atoms with van der Waals surface area (Å²) in [7, 11) is 0. The topological polar surface area (TPSA) is 63.3 Å². The molecular formula is C10H11NO2. The van der Waals surface area contributed by atoms with Gasteiger partial charge in [0.25, 0.3) is 0 Å². The Kier molecular flexibility index (Phi) is 2.82. The van der Waals surface area contributed by atoms with Crippen molar-refractivity contribution in [2.24, 2.45) is 5.73 Å². The predicted octanol–water partition coefficient (Wildman–Crippen LogP) is 1.24. The minimum atomic E-state index is -1.000. The van der Waals surface area contributed by atoms with Crippen molar-refractivity contribution in [2.45, 2.75) is 6.54 Å². The standard InChI is InChI=1S/C10H11NO2/c1-7(10(12)13)9-4-2-8(6-11)3-5-9/h2-5H,1,6,11H2,(H,12,13). The first-order valence-corrected chi connectivity index (χ1v) is 3.86. The monoisotopic (exact) mass is 177 g/mol. The lowest BCUT2D eigenvalue weighted by Gasteiger charge is -2.01. The van der Waals surface area contributed by atoms with Crippen LogP contribution < -0.4 is 5.73 Å². The molecule has 0 spiro atoms. The van der Waals surface area contributed by atoms with E-state index in [9.17, 15) is 4.79 Å². The first-order valence-electron chi connectivity index (χ1n) is 3.86. The van der Waals surface area contributed by atoms with E-state index in [-0.39, 0.29) is 5.57 Å². The van der Waals surface area contributed by atoms with Gasteiger partial charge in [-0.15, -0.1) is 0 Å². The summed E-state index contributed by atoms with van der Waals surface area (Å²) in [5.41, 5.74) is 7.09. The number of carboxylic acid groups (broad SMARTS) is 1. The number of carboxylic acids is 1. The van der Waals surface area contributed by atoms with Gasteiger partial charge in [0.05, 0.1) is 5.57 Å². The SMILES string of the molecule is C=C(C(=O)O)c1ccc(CN)cc1. The smallest absolute Gasteiger partial charge is 0.335 e. The van der Waals surface area contributed by atoms with Gasteiger partial charge in [-0.25, -0.2) is 4.79 Å². The average molecular weight is 177 g/mol. The molecule has 0 aromatic heterocycles. The number of hydrogen-bond donors (Lipinski definition) is 2. The van der Waals surface area contributed by atoms with E-state index in [1.54, 1.807) is 24.3 Å². The van der Waals surface area contributed by atoms with Crippen molar-refractivity contribution in [1.29, 1.82) is 0 Å². The highest BCUT2D eigenvalue weighted by atomic mass is 16.4. The molecule has 13 heavy (non-hydrogen) atoms. The van der Waals surface area contributed by atoms with Crippen LogP contribution >= 0.6 is 0 Å². The Morgan fingerprint density at radius 2 is 1.92 bits per heavy atom. The molecule has 0 aliphatic heterocycles. The van der Waals surface area contributed by atoms with Gasteiger partial charge in [-0.1, -0.05) is 30.8 Å². The Balaban J connectivity index is 2.92. The van der Waals surface area contributed by atoms with Crippen molar-refractivity contribution in [2.75, 3.05) is 0 Å². The van der Waals surface area contributed by atoms with Crippen LogP contribution in [0.1, 0.15) is 11.1 Å². The van der Waals surface area contributed by atoms with Crippen LogP contribution in [0.25, 0.3) is 5.57 Å². The lowest BCUT2D eigenvalue weighted by molar-refractivity contribution is -0.130. The molecule has 0 bridgehead atoms. The van der Waals surface area contributed by atoms with Gasteiger partial charge in [0.2, 0.25) is 0 Å². The Hall–Kier alpha value is -1.61. The molecule has 0 atom stereocenters. The quantitative estimate of drug-likeness (QED) is 0.683. The molecule has 0 radical (unpaired) electrons. The van der Waals surface area contributed by atoms with Gasteiger partial charge in [0.1, 0.15) is 0 Å². The summed E-state index contributed by atoms with van der Waals surface area (Å²) < 4.78 is 0.